The Morgan fingerprint density at radius 1 is 1.37 bits per heavy atom. The maximum absolute atomic E-state index is 12.7. The van der Waals surface area contributed by atoms with Gasteiger partial charge < -0.3 is 9.30 Å². The van der Waals surface area contributed by atoms with E-state index in [0.717, 1.165) is 23.4 Å². The fourth-order valence-electron chi connectivity index (χ4n) is 4.75. The zero-order valence-corrected chi connectivity index (χ0v) is 17.7. The van der Waals surface area contributed by atoms with Crippen LogP contribution >= 0.6 is 0 Å². The van der Waals surface area contributed by atoms with Crippen molar-refractivity contribution in [2.24, 2.45) is 11.8 Å². The summed E-state index contributed by atoms with van der Waals surface area (Å²) >= 11 is 0. The van der Waals surface area contributed by atoms with Gasteiger partial charge in [0.15, 0.2) is 0 Å². The molecular weight excluding hydrogens is 423 g/mol. The molecule has 3 heterocycles. The molecule has 8 nitrogen and oxygen atoms in total. The number of fused-ring (bicyclic) bond motifs is 3. The van der Waals surface area contributed by atoms with Crippen molar-refractivity contribution in [3.05, 3.63) is 28.2 Å². The Bertz CT molecular complexity index is 1140. The minimum Gasteiger partial charge on any atom is -0.386 e. The molecule has 2 bridgehead atoms. The van der Waals surface area contributed by atoms with Gasteiger partial charge in [-0.25, -0.2) is 13.3 Å². The van der Waals surface area contributed by atoms with E-state index in [1.807, 2.05) is 13.8 Å². The highest BCUT2D eigenvalue weighted by molar-refractivity contribution is 7.89. The molecule has 1 unspecified atom stereocenters. The number of nitrogens with zero attached hydrogens (tertiary/aromatic N) is 4. The number of nitrogens with one attached hydrogen (secondary N) is 1. The van der Waals surface area contributed by atoms with E-state index in [9.17, 15) is 22.2 Å². The van der Waals surface area contributed by atoms with Gasteiger partial charge in [-0.3, -0.25) is 4.79 Å². The Morgan fingerprint density at radius 3 is 2.60 bits per heavy atom. The smallest absolute Gasteiger partial charge is 0.386 e. The van der Waals surface area contributed by atoms with Crippen molar-refractivity contribution in [3.8, 4) is 5.88 Å². The molecule has 2 aliphatic rings. The molecule has 0 radical (unpaired) electrons. The highest BCUT2D eigenvalue weighted by atomic mass is 32.2. The van der Waals surface area contributed by atoms with Crippen LogP contribution in [0, 0.1) is 16.6 Å². The molecule has 1 saturated carbocycles. The Hall–Kier alpha value is -2.08. The third kappa shape index (κ3) is 3.82. The maximum atomic E-state index is 12.7. The molecule has 4 rings (SSSR count). The summed E-state index contributed by atoms with van der Waals surface area (Å²) < 4.78 is 66.3. The van der Waals surface area contributed by atoms with Gasteiger partial charge >= 0.3 is 6.36 Å². The number of hydrogen-bond acceptors (Lipinski definition) is 5. The van der Waals surface area contributed by atoms with E-state index in [2.05, 4.69) is 9.84 Å². The largest absolute Gasteiger partial charge is 0.574 e. The van der Waals surface area contributed by atoms with Crippen LogP contribution in [-0.2, 0) is 16.5 Å². The normalized spacial score (nSPS) is 26.6. The van der Waals surface area contributed by atoms with Crippen molar-refractivity contribution in [2.75, 3.05) is 12.8 Å². The van der Waals surface area contributed by atoms with Crippen molar-refractivity contribution in [1.29, 1.82) is 4.78 Å². The van der Waals surface area contributed by atoms with Crippen LogP contribution in [-0.4, -0.2) is 47.9 Å². The molecule has 2 aromatic heterocycles. The van der Waals surface area contributed by atoms with Crippen LogP contribution in [0.25, 0.3) is 5.65 Å². The first-order valence-electron chi connectivity index (χ1n) is 9.73. The standard InChI is InChI=1S/C18H24F3N5O3S/c1-10(2)14-9-24(7-11-4-13-5-12(11)8-25(13)30(3,22)28)16-6-15(29-18(19,20)21)23-26(16)17(14)27/h6,9-13,22H,4-5,7-8H2,1-3H3/t11-,12-,13+,30?/m1/s1. The Labute approximate surface area is 171 Å². The van der Waals surface area contributed by atoms with Crippen molar-refractivity contribution < 1.29 is 22.1 Å². The van der Waals surface area contributed by atoms with Gasteiger partial charge in [0.2, 0.25) is 5.88 Å². The summed E-state index contributed by atoms with van der Waals surface area (Å²) in [6.07, 6.45) is -0.173. The van der Waals surface area contributed by atoms with Crippen molar-refractivity contribution in [2.45, 2.75) is 51.6 Å². The molecule has 30 heavy (non-hydrogen) atoms. The number of hydrogen-bond donors (Lipinski definition) is 1. The number of piperidine rings is 1. The third-order valence-electron chi connectivity index (χ3n) is 6.06. The summed E-state index contributed by atoms with van der Waals surface area (Å²) in [4.78, 5) is 12.7. The van der Waals surface area contributed by atoms with Crippen LogP contribution in [0.3, 0.4) is 0 Å². The lowest BCUT2D eigenvalue weighted by molar-refractivity contribution is -0.276. The molecule has 12 heteroatoms. The molecule has 0 spiro atoms. The van der Waals surface area contributed by atoms with Crippen molar-refractivity contribution in [3.63, 3.8) is 0 Å². The van der Waals surface area contributed by atoms with Gasteiger partial charge in [-0.2, -0.15) is 4.52 Å². The number of aromatic nitrogens is 3. The van der Waals surface area contributed by atoms with E-state index in [1.54, 1.807) is 15.1 Å². The van der Waals surface area contributed by atoms with Gasteiger partial charge in [0, 0.05) is 43.2 Å². The highest BCUT2D eigenvalue weighted by Crippen LogP contribution is 2.44. The zero-order chi connectivity index (χ0) is 22.0. The van der Waals surface area contributed by atoms with E-state index in [4.69, 9.17) is 4.78 Å². The second-order valence-electron chi connectivity index (χ2n) is 8.54. The van der Waals surface area contributed by atoms with Crippen molar-refractivity contribution >= 4 is 15.6 Å². The fraction of sp³-hybridized carbons (Fsp3) is 0.667. The minimum absolute atomic E-state index is 0.0732. The first-order chi connectivity index (χ1) is 13.8. The molecule has 2 aromatic rings. The first-order valence-corrected chi connectivity index (χ1v) is 11.6. The number of halogens is 3. The van der Waals surface area contributed by atoms with E-state index in [1.165, 1.54) is 6.26 Å². The second-order valence-corrected chi connectivity index (χ2v) is 10.6. The Balaban J connectivity index is 1.69. The van der Waals surface area contributed by atoms with Gasteiger partial charge in [0.1, 0.15) is 15.6 Å². The Kier molecular flexibility index (Phi) is 4.92. The summed E-state index contributed by atoms with van der Waals surface area (Å²) in [5.74, 6) is -0.348. The molecule has 0 aromatic carbocycles. The van der Waals surface area contributed by atoms with Crippen molar-refractivity contribution in [1.82, 2.24) is 18.5 Å². The molecule has 166 valence electrons. The summed E-state index contributed by atoms with van der Waals surface area (Å²) in [6, 6.07) is 1.20. The first kappa shape index (κ1) is 21.2. The van der Waals surface area contributed by atoms with E-state index >= 15 is 0 Å². The predicted octanol–water partition coefficient (Wildman–Crippen LogP) is 2.82. The lowest BCUT2D eigenvalue weighted by atomic mass is 9.95. The fourth-order valence-corrected chi connectivity index (χ4v) is 5.97. The Morgan fingerprint density at radius 2 is 2.07 bits per heavy atom. The predicted molar refractivity (Wildman–Crippen MR) is 104 cm³/mol. The molecule has 2 fully saturated rings. The summed E-state index contributed by atoms with van der Waals surface area (Å²) in [7, 11) is -2.75. The van der Waals surface area contributed by atoms with E-state index in [-0.39, 0.29) is 29.4 Å². The molecule has 4 atom stereocenters. The van der Waals surface area contributed by atoms with Gasteiger partial charge in [-0.1, -0.05) is 13.8 Å². The molecule has 1 aliphatic carbocycles. The van der Waals surface area contributed by atoms with Crippen LogP contribution < -0.4 is 10.3 Å². The quantitative estimate of drug-likeness (QED) is 0.763. The van der Waals surface area contributed by atoms with Crippen LogP contribution in [0.15, 0.2) is 17.1 Å². The lowest BCUT2D eigenvalue weighted by Crippen LogP contribution is -2.39. The SMILES string of the molecule is CC(C)c1cn(C[C@H]2C[C@H]3C[C@@H]2CN3S(C)(=N)=O)c2cc(OC(F)(F)F)nn2c1=O. The zero-order valence-electron chi connectivity index (χ0n) is 16.8. The topological polar surface area (TPSA) is 92.7 Å². The minimum atomic E-state index is -4.90. The average Bonchev–Trinajstić information content (AvgIpc) is 3.28. The van der Waals surface area contributed by atoms with Crippen LogP contribution in [0.4, 0.5) is 13.2 Å². The number of alkyl halides is 3. The monoisotopic (exact) mass is 447 g/mol. The molecule has 1 aliphatic heterocycles. The summed E-state index contributed by atoms with van der Waals surface area (Å²) in [6.45, 7) is 4.75. The van der Waals surface area contributed by atoms with E-state index < -0.39 is 27.7 Å². The summed E-state index contributed by atoms with van der Waals surface area (Å²) in [5, 5.41) is 3.74. The molecular formula is C18H24F3N5O3S. The highest BCUT2D eigenvalue weighted by Gasteiger charge is 2.47. The average molecular weight is 447 g/mol. The van der Waals surface area contributed by atoms with E-state index in [0.29, 0.717) is 18.7 Å². The van der Waals surface area contributed by atoms with Gasteiger partial charge in [0.25, 0.3) is 5.56 Å². The molecule has 1 N–H and O–H groups in total. The van der Waals surface area contributed by atoms with Gasteiger partial charge in [-0.15, -0.1) is 18.3 Å². The maximum Gasteiger partial charge on any atom is 0.574 e. The lowest BCUT2D eigenvalue weighted by Gasteiger charge is -2.31. The van der Waals surface area contributed by atoms with Gasteiger partial charge in [-0.05, 0) is 30.6 Å². The van der Waals surface area contributed by atoms with Crippen LogP contribution in [0.2, 0.25) is 0 Å². The van der Waals surface area contributed by atoms with Gasteiger partial charge in [0.05, 0.1) is 0 Å². The molecule has 1 saturated heterocycles. The number of rotatable bonds is 5. The molecule has 0 amide bonds. The third-order valence-corrected chi connectivity index (χ3v) is 7.40. The second kappa shape index (κ2) is 6.98. The van der Waals surface area contributed by atoms with Crippen LogP contribution in [0.5, 0.6) is 5.88 Å². The van der Waals surface area contributed by atoms with Crippen LogP contribution in [0.1, 0.15) is 38.2 Å². The summed E-state index contributed by atoms with van der Waals surface area (Å²) in [5.41, 5.74) is 0.229. The number of ether oxygens (including phenoxy) is 1.